The molecular weight excluding hydrogens is 656 g/mol. The van der Waals surface area contributed by atoms with Crippen LogP contribution in [0.15, 0.2) is 55.1 Å². The Morgan fingerprint density at radius 2 is 1.78 bits per heavy atom. The number of piperazine rings is 1. The normalized spacial score (nSPS) is 15.0. The van der Waals surface area contributed by atoms with Crippen LogP contribution in [0.3, 0.4) is 0 Å². The zero-order chi connectivity index (χ0) is 35.6. The number of hydrogen-bond donors (Lipinski definition) is 1. The number of methoxy groups -OCH3 is 1. The maximum Gasteiger partial charge on any atom is 0.270 e. The number of fused-ring (bicyclic) bond motifs is 1. The topological polar surface area (TPSA) is 125 Å². The molecule has 5 aromatic rings. The van der Waals surface area contributed by atoms with Gasteiger partial charge < -0.3 is 24.4 Å². The molecule has 4 aromatic heterocycles. The number of benzene rings is 1. The first-order valence-electron chi connectivity index (χ1n) is 17.1. The van der Waals surface area contributed by atoms with Gasteiger partial charge in [0.2, 0.25) is 5.91 Å². The van der Waals surface area contributed by atoms with Crippen molar-refractivity contribution in [2.45, 2.75) is 39.7 Å². The molecule has 0 radical (unpaired) electrons. The van der Waals surface area contributed by atoms with Crippen molar-refractivity contribution >= 4 is 34.1 Å². The van der Waals surface area contributed by atoms with Crippen molar-refractivity contribution in [1.29, 1.82) is 0 Å². The molecule has 0 saturated carbocycles. The van der Waals surface area contributed by atoms with E-state index in [1.54, 1.807) is 32.9 Å². The Labute approximate surface area is 293 Å². The fourth-order valence-corrected chi connectivity index (χ4v) is 6.95. The van der Waals surface area contributed by atoms with Crippen molar-refractivity contribution in [1.82, 2.24) is 39.7 Å². The molecule has 264 valence electrons. The van der Waals surface area contributed by atoms with Gasteiger partial charge in [-0.25, -0.2) is 13.8 Å². The van der Waals surface area contributed by atoms with Gasteiger partial charge in [0, 0.05) is 86.4 Å². The SMILES string of the molecule is CCc1cc(C)ncc1-c1cc(C2=CCCN(C(=O)CCn3ccnn3)C2)c(F)c2[nH]c(C(=O)N3CCN(c4ncc(F)cc4OC)CC3)cc12. The third-order valence-electron chi connectivity index (χ3n) is 9.64. The van der Waals surface area contributed by atoms with Crippen molar-refractivity contribution in [3.05, 3.63) is 89.3 Å². The molecular formula is C37H39F2N9O3. The Morgan fingerprint density at radius 3 is 2.53 bits per heavy atom. The van der Waals surface area contributed by atoms with E-state index in [9.17, 15) is 14.0 Å². The maximum absolute atomic E-state index is 16.7. The van der Waals surface area contributed by atoms with Gasteiger partial charge in [-0.15, -0.1) is 5.10 Å². The molecule has 0 atom stereocenters. The highest BCUT2D eigenvalue weighted by molar-refractivity contribution is 6.05. The summed E-state index contributed by atoms with van der Waals surface area (Å²) in [6, 6.07) is 6.88. The summed E-state index contributed by atoms with van der Waals surface area (Å²) in [5.74, 6) is -0.426. The molecule has 6 heterocycles. The van der Waals surface area contributed by atoms with Gasteiger partial charge in [-0.3, -0.25) is 19.3 Å². The Balaban J connectivity index is 1.20. The molecule has 0 aliphatic carbocycles. The molecule has 2 amide bonds. The number of anilines is 1. The number of carbonyl (C=O) groups is 2. The van der Waals surface area contributed by atoms with Gasteiger partial charge in [-0.05, 0) is 54.7 Å². The van der Waals surface area contributed by atoms with E-state index < -0.39 is 11.6 Å². The molecule has 0 spiro atoms. The van der Waals surface area contributed by atoms with Crippen LogP contribution in [0, 0.1) is 18.6 Å². The van der Waals surface area contributed by atoms with Gasteiger partial charge in [-0.2, -0.15) is 0 Å². The predicted molar refractivity (Wildman–Crippen MR) is 188 cm³/mol. The first-order chi connectivity index (χ1) is 24.7. The number of nitrogens with zero attached hydrogens (tertiary/aromatic N) is 8. The van der Waals surface area contributed by atoms with Gasteiger partial charge in [0.05, 0.1) is 31.6 Å². The second-order valence-corrected chi connectivity index (χ2v) is 12.8. The van der Waals surface area contributed by atoms with Crippen molar-refractivity contribution < 1.29 is 23.1 Å². The van der Waals surface area contributed by atoms with Crippen LogP contribution in [-0.4, -0.2) is 97.9 Å². The average molecular weight is 696 g/mol. The number of aromatic amines is 1. The zero-order valence-electron chi connectivity index (χ0n) is 28.8. The summed E-state index contributed by atoms with van der Waals surface area (Å²) in [7, 11) is 1.47. The largest absolute Gasteiger partial charge is 0.493 e. The van der Waals surface area contributed by atoms with Crippen molar-refractivity contribution in [3.63, 3.8) is 0 Å². The number of aromatic nitrogens is 6. The smallest absolute Gasteiger partial charge is 0.270 e. The average Bonchev–Trinajstić information content (AvgIpc) is 3.85. The lowest BCUT2D eigenvalue weighted by Gasteiger charge is -2.35. The van der Waals surface area contributed by atoms with Crippen LogP contribution in [-0.2, 0) is 17.8 Å². The van der Waals surface area contributed by atoms with Gasteiger partial charge in [-0.1, -0.05) is 18.2 Å². The van der Waals surface area contributed by atoms with E-state index in [2.05, 4.69) is 32.2 Å². The number of aryl methyl sites for hydroxylation is 3. The van der Waals surface area contributed by atoms with E-state index in [0.29, 0.717) is 73.8 Å². The molecule has 1 fully saturated rings. The van der Waals surface area contributed by atoms with Crippen molar-refractivity contribution in [2.24, 2.45) is 0 Å². The molecule has 0 unspecified atom stereocenters. The third-order valence-corrected chi connectivity index (χ3v) is 9.64. The third kappa shape index (κ3) is 6.77. The lowest BCUT2D eigenvalue weighted by atomic mass is 9.91. The van der Waals surface area contributed by atoms with E-state index in [1.165, 1.54) is 13.2 Å². The minimum Gasteiger partial charge on any atom is -0.493 e. The number of ether oxygens (including phenoxy) is 1. The highest BCUT2D eigenvalue weighted by Gasteiger charge is 2.29. The second kappa shape index (κ2) is 14.3. The summed E-state index contributed by atoms with van der Waals surface area (Å²) in [4.78, 5) is 44.5. The van der Waals surface area contributed by atoms with Gasteiger partial charge in [0.25, 0.3) is 5.91 Å². The lowest BCUT2D eigenvalue weighted by Crippen LogP contribution is -2.49. The minimum atomic E-state index is -0.490. The summed E-state index contributed by atoms with van der Waals surface area (Å²) in [6.07, 6.45) is 9.80. The standard InChI is InChI=1S/C37H39F2N9O3/c1-4-24-16-23(2)40-21-30(24)28-18-27(25-6-5-9-47(22-25)33(49)7-10-48-11-8-42-44-48)34(39)35-29(28)19-31(43-35)37(50)46-14-12-45(13-15-46)36-32(51-3)17-26(38)20-41-36/h6,8,11,16-21,43H,4-5,7,9-10,12-15,22H2,1-3H3. The molecule has 14 heteroatoms. The molecule has 1 aromatic carbocycles. The monoisotopic (exact) mass is 695 g/mol. The van der Waals surface area contributed by atoms with E-state index in [-0.39, 0.29) is 36.0 Å². The predicted octanol–water partition coefficient (Wildman–Crippen LogP) is 5.04. The molecule has 1 N–H and O–H groups in total. The van der Waals surface area contributed by atoms with E-state index >= 15 is 4.39 Å². The number of hydrogen-bond acceptors (Lipinski definition) is 8. The number of halogens is 2. The molecule has 2 aliphatic heterocycles. The summed E-state index contributed by atoms with van der Waals surface area (Å²) >= 11 is 0. The molecule has 0 bridgehead atoms. The number of rotatable bonds is 9. The van der Waals surface area contributed by atoms with Crippen LogP contribution in [0.5, 0.6) is 5.75 Å². The highest BCUT2D eigenvalue weighted by atomic mass is 19.1. The van der Waals surface area contributed by atoms with E-state index in [0.717, 1.165) is 35.0 Å². The second-order valence-electron chi connectivity index (χ2n) is 12.8. The van der Waals surface area contributed by atoms with Crippen LogP contribution in [0.1, 0.15) is 47.1 Å². The number of amides is 2. The van der Waals surface area contributed by atoms with E-state index in [1.807, 2.05) is 36.2 Å². The fraction of sp³-hybridized carbons (Fsp3) is 0.351. The number of carbonyl (C=O) groups excluding carboxylic acids is 2. The first-order valence-corrected chi connectivity index (χ1v) is 17.1. The van der Waals surface area contributed by atoms with Crippen LogP contribution >= 0.6 is 0 Å². The summed E-state index contributed by atoms with van der Waals surface area (Å²) in [6.45, 7) is 6.89. The summed E-state index contributed by atoms with van der Waals surface area (Å²) in [5, 5.41) is 8.32. The van der Waals surface area contributed by atoms with Crippen molar-refractivity contribution in [2.75, 3.05) is 51.3 Å². The maximum atomic E-state index is 16.7. The molecule has 51 heavy (non-hydrogen) atoms. The number of nitrogens with one attached hydrogen (secondary N) is 1. The molecule has 2 aliphatic rings. The van der Waals surface area contributed by atoms with Crippen LogP contribution < -0.4 is 9.64 Å². The van der Waals surface area contributed by atoms with Crippen molar-refractivity contribution in [3.8, 4) is 16.9 Å². The first kappa shape index (κ1) is 33.8. The molecule has 12 nitrogen and oxygen atoms in total. The Kier molecular flexibility index (Phi) is 9.48. The van der Waals surface area contributed by atoms with E-state index in [4.69, 9.17) is 4.74 Å². The fourth-order valence-electron chi connectivity index (χ4n) is 6.95. The van der Waals surface area contributed by atoms with Gasteiger partial charge in [0.1, 0.15) is 11.5 Å². The summed E-state index contributed by atoms with van der Waals surface area (Å²) < 4.78 is 37.4. The Bertz CT molecular complexity index is 2120. The Hall–Kier alpha value is -5.66. The van der Waals surface area contributed by atoms with Crippen LogP contribution in [0.2, 0.25) is 0 Å². The Morgan fingerprint density at radius 1 is 0.961 bits per heavy atom. The number of pyridine rings is 2. The van der Waals surface area contributed by atoms with Crippen LogP contribution in [0.25, 0.3) is 27.6 Å². The molecule has 7 rings (SSSR count). The minimum absolute atomic E-state index is 0.0460. The molecule has 1 saturated heterocycles. The van der Waals surface area contributed by atoms with Gasteiger partial charge >= 0.3 is 0 Å². The van der Waals surface area contributed by atoms with Crippen LogP contribution in [0.4, 0.5) is 14.6 Å². The number of H-pyrrole nitrogens is 1. The quantitative estimate of drug-likeness (QED) is 0.228. The van der Waals surface area contributed by atoms with Gasteiger partial charge in [0.15, 0.2) is 17.4 Å². The lowest BCUT2D eigenvalue weighted by molar-refractivity contribution is -0.131. The summed E-state index contributed by atoms with van der Waals surface area (Å²) in [5.41, 5.74) is 5.13. The zero-order valence-corrected chi connectivity index (χ0v) is 28.8. The highest BCUT2D eigenvalue weighted by Crippen LogP contribution is 2.38.